The highest BCUT2D eigenvalue weighted by atomic mass is 16.8. The summed E-state index contributed by atoms with van der Waals surface area (Å²) in [5, 5.41) is 12.6. The second kappa shape index (κ2) is 28.1. The predicted octanol–water partition coefficient (Wildman–Crippen LogP) is 8.49. The zero-order valence-corrected chi connectivity index (χ0v) is 33.8. The Morgan fingerprint density at radius 1 is 0.788 bits per heavy atom. The second-order valence-corrected chi connectivity index (χ2v) is 15.4. The molecule has 11 heteroatoms. The van der Waals surface area contributed by atoms with E-state index in [1.54, 1.807) is 13.8 Å². The highest BCUT2D eigenvalue weighted by molar-refractivity contribution is 5.73. The first-order valence-corrected chi connectivity index (χ1v) is 21.0. The summed E-state index contributed by atoms with van der Waals surface area (Å²) in [5.74, 6) is -2.38. The monoisotopic (exact) mass is 744 g/mol. The van der Waals surface area contributed by atoms with Gasteiger partial charge in [-0.05, 0) is 33.6 Å². The minimum Gasteiger partial charge on any atom is -0.479 e. The number of fused-ring (bicyclic) bond motifs is 1. The Morgan fingerprint density at radius 3 is 1.83 bits per heavy atom. The highest BCUT2D eigenvalue weighted by Gasteiger charge is 2.53. The van der Waals surface area contributed by atoms with Crippen LogP contribution < -0.4 is 5.32 Å². The van der Waals surface area contributed by atoms with Crippen LogP contribution in [0.15, 0.2) is 0 Å². The topological polar surface area (TPSA) is 131 Å². The van der Waals surface area contributed by atoms with Gasteiger partial charge in [0.1, 0.15) is 30.5 Å². The van der Waals surface area contributed by atoms with Gasteiger partial charge in [0, 0.05) is 20.1 Å². The number of rotatable bonds is 32. The Bertz CT molecular complexity index is 920. The maximum absolute atomic E-state index is 12.4. The summed E-state index contributed by atoms with van der Waals surface area (Å²) in [6.45, 7) is 13.0. The number of carbonyl (C=O) groups excluding carboxylic acids is 1. The lowest BCUT2D eigenvalue weighted by Crippen LogP contribution is -2.69. The Morgan fingerprint density at radius 2 is 1.31 bits per heavy atom. The molecule has 2 saturated heterocycles. The van der Waals surface area contributed by atoms with E-state index >= 15 is 0 Å². The third-order valence-corrected chi connectivity index (χ3v) is 9.98. The van der Waals surface area contributed by atoms with Crippen LogP contribution in [0.4, 0.5) is 0 Å². The van der Waals surface area contributed by atoms with Crippen molar-refractivity contribution in [2.24, 2.45) is 0 Å². The maximum atomic E-state index is 12.4. The van der Waals surface area contributed by atoms with Crippen molar-refractivity contribution < 1.29 is 47.9 Å². The molecule has 2 rings (SSSR count). The number of nitrogens with one attached hydrogen (secondary N) is 1. The third-order valence-electron chi connectivity index (χ3n) is 9.98. The van der Waals surface area contributed by atoms with Crippen molar-refractivity contribution >= 4 is 11.9 Å². The molecule has 7 atom stereocenters. The van der Waals surface area contributed by atoms with Crippen LogP contribution in [-0.2, 0) is 42.7 Å². The van der Waals surface area contributed by atoms with Crippen molar-refractivity contribution in [3.63, 3.8) is 0 Å². The summed E-state index contributed by atoms with van der Waals surface area (Å²) >= 11 is 0. The number of hydrogen-bond acceptors (Lipinski definition) is 9. The predicted molar refractivity (Wildman–Crippen MR) is 203 cm³/mol. The maximum Gasteiger partial charge on any atom is 0.332 e. The lowest BCUT2D eigenvalue weighted by molar-refractivity contribution is -0.375. The van der Waals surface area contributed by atoms with Crippen LogP contribution in [0.1, 0.15) is 170 Å². The molecular formula is C41H77NO10. The van der Waals surface area contributed by atoms with Crippen LogP contribution in [0.2, 0.25) is 0 Å². The largest absolute Gasteiger partial charge is 0.479 e. The standard InChI is InChI=1S/C41H77NO10/c1-7-9-11-13-15-17-19-21-23-25-27-46-29-34(47-28-26-24-22-20-18-16-14-12-10-8-2)30-48-40-36(42-33(4)43)38(50-32(3)39(44)45)37-35(51-40)31-49-41(5,6)52-37/h32,34-38,40H,7-31H2,1-6H3,(H,42,43)(H,44,45)/t32?,34?,35-,36-,37-,38-,40-/m1/s1. The molecule has 11 nitrogen and oxygen atoms in total. The Balaban J connectivity index is 1.94. The van der Waals surface area contributed by atoms with Crippen LogP contribution in [-0.4, -0.2) is 98.7 Å². The zero-order chi connectivity index (χ0) is 38.0. The van der Waals surface area contributed by atoms with Gasteiger partial charge in [0.05, 0.1) is 19.8 Å². The molecule has 0 saturated carbocycles. The first kappa shape index (κ1) is 46.8. The number of carboxylic acid groups (broad SMARTS) is 1. The molecule has 2 aliphatic rings. The summed E-state index contributed by atoms with van der Waals surface area (Å²) in [7, 11) is 0. The van der Waals surface area contributed by atoms with Gasteiger partial charge >= 0.3 is 5.97 Å². The Kier molecular flexibility index (Phi) is 25.3. The van der Waals surface area contributed by atoms with Gasteiger partial charge in [0.25, 0.3) is 0 Å². The number of aliphatic carboxylic acids is 1. The van der Waals surface area contributed by atoms with Crippen molar-refractivity contribution in [1.29, 1.82) is 0 Å². The van der Waals surface area contributed by atoms with E-state index in [1.807, 2.05) is 0 Å². The number of ether oxygens (including phenoxy) is 7. The molecule has 52 heavy (non-hydrogen) atoms. The van der Waals surface area contributed by atoms with Crippen LogP contribution in [0.25, 0.3) is 0 Å². The fourth-order valence-corrected chi connectivity index (χ4v) is 6.90. The molecule has 2 aliphatic heterocycles. The van der Waals surface area contributed by atoms with E-state index in [1.165, 1.54) is 117 Å². The highest BCUT2D eigenvalue weighted by Crippen LogP contribution is 2.35. The van der Waals surface area contributed by atoms with E-state index in [4.69, 9.17) is 33.2 Å². The number of unbranched alkanes of at least 4 members (excludes halogenated alkanes) is 18. The van der Waals surface area contributed by atoms with Crippen LogP contribution >= 0.6 is 0 Å². The molecule has 0 bridgehead atoms. The molecule has 1 amide bonds. The summed E-state index contributed by atoms with van der Waals surface area (Å²) in [5.41, 5.74) is 0. The smallest absolute Gasteiger partial charge is 0.332 e. The van der Waals surface area contributed by atoms with Crippen molar-refractivity contribution in [2.75, 3.05) is 33.0 Å². The summed E-state index contributed by atoms with van der Waals surface area (Å²) < 4.78 is 43.2. The third kappa shape index (κ3) is 20.4. The average Bonchev–Trinajstić information content (AvgIpc) is 3.10. The molecule has 2 fully saturated rings. The van der Waals surface area contributed by atoms with Gasteiger partial charge in [-0.15, -0.1) is 0 Å². The molecule has 2 unspecified atom stereocenters. The Hall–Kier alpha value is -1.34. The number of carboxylic acids is 1. The summed E-state index contributed by atoms with van der Waals surface area (Å²) in [4.78, 5) is 24.2. The second-order valence-electron chi connectivity index (χ2n) is 15.4. The normalized spacial score (nSPS) is 23.9. The van der Waals surface area contributed by atoms with Crippen LogP contribution in [0.5, 0.6) is 0 Å². The molecule has 0 spiro atoms. The summed E-state index contributed by atoms with van der Waals surface area (Å²) in [6.07, 6.45) is 20.6. The van der Waals surface area contributed by atoms with Gasteiger partial charge in [-0.2, -0.15) is 0 Å². The van der Waals surface area contributed by atoms with E-state index in [-0.39, 0.29) is 25.2 Å². The lowest BCUT2D eigenvalue weighted by Gasteiger charge is -2.51. The van der Waals surface area contributed by atoms with Crippen LogP contribution in [0.3, 0.4) is 0 Å². The zero-order valence-electron chi connectivity index (χ0n) is 33.8. The van der Waals surface area contributed by atoms with E-state index in [9.17, 15) is 14.7 Å². The minimum atomic E-state index is -1.15. The molecule has 2 N–H and O–H groups in total. The first-order chi connectivity index (χ1) is 25.1. The van der Waals surface area contributed by atoms with Gasteiger partial charge in [0.2, 0.25) is 5.91 Å². The molecule has 2 heterocycles. The van der Waals surface area contributed by atoms with Gasteiger partial charge in [-0.25, -0.2) is 4.79 Å². The number of hydrogen-bond donors (Lipinski definition) is 2. The van der Waals surface area contributed by atoms with Gasteiger partial charge in [0.15, 0.2) is 18.2 Å². The van der Waals surface area contributed by atoms with Gasteiger partial charge in [-0.1, -0.05) is 129 Å². The quantitative estimate of drug-likeness (QED) is 0.0647. The molecule has 0 aromatic carbocycles. The molecule has 0 aromatic heterocycles. The lowest BCUT2D eigenvalue weighted by atomic mass is 9.94. The van der Waals surface area contributed by atoms with Gasteiger partial charge < -0.3 is 43.6 Å². The molecule has 306 valence electrons. The number of amides is 1. The van der Waals surface area contributed by atoms with E-state index in [0.717, 1.165) is 25.7 Å². The minimum absolute atomic E-state index is 0.169. The fraction of sp³-hybridized carbons (Fsp3) is 0.951. The van der Waals surface area contributed by atoms with Crippen LogP contribution in [0, 0.1) is 0 Å². The number of carbonyl (C=O) groups is 2. The van der Waals surface area contributed by atoms with E-state index in [0.29, 0.717) is 19.8 Å². The van der Waals surface area contributed by atoms with E-state index < -0.39 is 48.5 Å². The molecule has 0 radical (unpaired) electrons. The summed E-state index contributed by atoms with van der Waals surface area (Å²) in [6, 6.07) is -0.829. The molecule has 0 aliphatic carbocycles. The van der Waals surface area contributed by atoms with Crippen molar-refractivity contribution in [3.8, 4) is 0 Å². The fourth-order valence-electron chi connectivity index (χ4n) is 6.90. The van der Waals surface area contributed by atoms with Crippen molar-refractivity contribution in [2.45, 2.75) is 219 Å². The van der Waals surface area contributed by atoms with Crippen molar-refractivity contribution in [3.05, 3.63) is 0 Å². The average molecular weight is 744 g/mol. The first-order valence-electron chi connectivity index (χ1n) is 21.0. The SMILES string of the molecule is CCCCCCCCCCCCOCC(CO[C@@H]1O[C@@H]2COC(C)(C)O[C@H]2[C@H](OC(C)C(=O)O)[C@H]1NC(C)=O)OCCCCCCCCCCCC. The Labute approximate surface area is 316 Å². The van der Waals surface area contributed by atoms with E-state index in [2.05, 4.69) is 19.2 Å². The molecule has 0 aromatic rings. The van der Waals surface area contributed by atoms with Crippen molar-refractivity contribution in [1.82, 2.24) is 5.32 Å². The van der Waals surface area contributed by atoms with Gasteiger partial charge in [-0.3, -0.25) is 4.79 Å². The molecular weight excluding hydrogens is 666 g/mol.